The standard InChI is InChI=1S/C19H27ClN6.HI/c1-15-12-23-26(13-15)11-9-22-19(21-2)24-16-6-5-10-25(14-16)18-8-4-3-7-17(18)20;/h3-4,7-8,12-13,16H,5-6,9-11,14H2,1-2H3,(H2,21,22,24);1H. The summed E-state index contributed by atoms with van der Waals surface area (Å²) in [5.74, 6) is 0.833. The number of anilines is 1. The van der Waals surface area contributed by atoms with E-state index in [4.69, 9.17) is 11.6 Å². The molecule has 1 saturated heterocycles. The van der Waals surface area contributed by atoms with Crippen LogP contribution in [0.25, 0.3) is 0 Å². The molecule has 27 heavy (non-hydrogen) atoms. The van der Waals surface area contributed by atoms with Crippen molar-refractivity contribution >= 4 is 47.2 Å². The third-order valence-corrected chi connectivity index (χ3v) is 4.89. The van der Waals surface area contributed by atoms with Crippen molar-refractivity contribution in [3.8, 4) is 0 Å². The number of aryl methyl sites for hydroxylation is 1. The van der Waals surface area contributed by atoms with Gasteiger partial charge in [-0.25, -0.2) is 0 Å². The van der Waals surface area contributed by atoms with Crippen LogP contribution in [0.4, 0.5) is 5.69 Å². The van der Waals surface area contributed by atoms with Crippen molar-refractivity contribution in [2.24, 2.45) is 4.99 Å². The highest BCUT2D eigenvalue weighted by atomic mass is 127. The van der Waals surface area contributed by atoms with Gasteiger partial charge in [-0.3, -0.25) is 9.67 Å². The molecule has 6 nitrogen and oxygen atoms in total. The molecule has 1 aromatic carbocycles. The summed E-state index contributed by atoms with van der Waals surface area (Å²) in [4.78, 5) is 6.70. The van der Waals surface area contributed by atoms with Gasteiger partial charge in [0.2, 0.25) is 0 Å². The van der Waals surface area contributed by atoms with E-state index in [1.165, 1.54) is 5.56 Å². The Morgan fingerprint density at radius 3 is 2.89 bits per heavy atom. The summed E-state index contributed by atoms with van der Waals surface area (Å²) in [6.07, 6.45) is 6.17. The maximum Gasteiger partial charge on any atom is 0.191 e. The van der Waals surface area contributed by atoms with Gasteiger partial charge in [-0.2, -0.15) is 5.10 Å². The van der Waals surface area contributed by atoms with Crippen molar-refractivity contribution < 1.29 is 0 Å². The predicted molar refractivity (Wildman–Crippen MR) is 124 cm³/mol. The van der Waals surface area contributed by atoms with Crippen LogP contribution in [0.15, 0.2) is 41.7 Å². The number of para-hydroxylation sites is 1. The molecular weight excluding hydrogens is 475 g/mol. The van der Waals surface area contributed by atoms with Crippen LogP contribution in [-0.4, -0.2) is 48.5 Å². The number of aromatic nitrogens is 2. The van der Waals surface area contributed by atoms with Crippen LogP contribution in [0.5, 0.6) is 0 Å². The number of rotatable bonds is 5. The lowest BCUT2D eigenvalue weighted by atomic mass is 10.0. The highest BCUT2D eigenvalue weighted by molar-refractivity contribution is 14.0. The second-order valence-corrected chi connectivity index (χ2v) is 7.07. The van der Waals surface area contributed by atoms with Gasteiger partial charge < -0.3 is 15.5 Å². The molecule has 0 aliphatic carbocycles. The first-order valence-electron chi connectivity index (χ1n) is 9.11. The summed E-state index contributed by atoms with van der Waals surface area (Å²) >= 11 is 6.36. The second kappa shape index (κ2) is 10.8. The van der Waals surface area contributed by atoms with Gasteiger partial charge in [-0.1, -0.05) is 23.7 Å². The van der Waals surface area contributed by atoms with E-state index >= 15 is 0 Å². The summed E-state index contributed by atoms with van der Waals surface area (Å²) in [5, 5.41) is 12.0. The van der Waals surface area contributed by atoms with Crippen LogP contribution in [0.2, 0.25) is 5.02 Å². The van der Waals surface area contributed by atoms with E-state index < -0.39 is 0 Å². The molecule has 1 unspecified atom stereocenters. The fourth-order valence-electron chi connectivity index (χ4n) is 3.29. The van der Waals surface area contributed by atoms with Gasteiger partial charge in [0.25, 0.3) is 0 Å². The Morgan fingerprint density at radius 1 is 1.37 bits per heavy atom. The summed E-state index contributed by atoms with van der Waals surface area (Å²) < 4.78 is 1.94. The van der Waals surface area contributed by atoms with Crippen molar-refractivity contribution in [2.45, 2.75) is 32.4 Å². The number of nitrogens with zero attached hydrogens (tertiary/aromatic N) is 4. The van der Waals surface area contributed by atoms with Crippen LogP contribution in [-0.2, 0) is 6.54 Å². The van der Waals surface area contributed by atoms with Gasteiger partial charge in [0, 0.05) is 38.9 Å². The molecule has 1 aliphatic heterocycles. The van der Waals surface area contributed by atoms with E-state index in [9.17, 15) is 0 Å². The minimum atomic E-state index is 0. The first-order valence-corrected chi connectivity index (χ1v) is 9.49. The van der Waals surface area contributed by atoms with Gasteiger partial charge in [-0.05, 0) is 37.5 Å². The largest absolute Gasteiger partial charge is 0.368 e. The van der Waals surface area contributed by atoms with E-state index in [-0.39, 0.29) is 24.0 Å². The second-order valence-electron chi connectivity index (χ2n) is 6.66. The smallest absolute Gasteiger partial charge is 0.191 e. The van der Waals surface area contributed by atoms with Crippen LogP contribution >= 0.6 is 35.6 Å². The van der Waals surface area contributed by atoms with Gasteiger partial charge in [0.15, 0.2) is 5.96 Å². The lowest BCUT2D eigenvalue weighted by Gasteiger charge is -2.35. The highest BCUT2D eigenvalue weighted by Crippen LogP contribution is 2.27. The summed E-state index contributed by atoms with van der Waals surface area (Å²) in [5.41, 5.74) is 2.28. The van der Waals surface area contributed by atoms with E-state index in [1.807, 2.05) is 49.2 Å². The Balaban J connectivity index is 0.00000261. The average Bonchev–Trinajstić information content (AvgIpc) is 3.06. The van der Waals surface area contributed by atoms with E-state index in [0.717, 1.165) is 55.7 Å². The molecule has 1 atom stereocenters. The predicted octanol–water partition coefficient (Wildman–Crippen LogP) is 3.30. The number of nitrogens with one attached hydrogen (secondary N) is 2. The topological polar surface area (TPSA) is 57.5 Å². The number of hydrogen-bond donors (Lipinski definition) is 2. The highest BCUT2D eigenvalue weighted by Gasteiger charge is 2.22. The molecule has 2 aromatic rings. The zero-order valence-corrected chi connectivity index (χ0v) is 18.9. The zero-order valence-electron chi connectivity index (χ0n) is 15.9. The molecular formula is C19H28ClIN6. The Kier molecular flexibility index (Phi) is 8.69. The number of guanidine groups is 1. The molecule has 1 aromatic heterocycles. The number of benzene rings is 1. The van der Waals surface area contributed by atoms with Gasteiger partial charge in [0.1, 0.15) is 0 Å². The van der Waals surface area contributed by atoms with Crippen LogP contribution < -0.4 is 15.5 Å². The molecule has 0 spiro atoms. The summed E-state index contributed by atoms with van der Waals surface area (Å²) in [6, 6.07) is 8.39. The average molecular weight is 503 g/mol. The molecule has 2 N–H and O–H groups in total. The monoisotopic (exact) mass is 502 g/mol. The molecule has 1 fully saturated rings. The van der Waals surface area contributed by atoms with Gasteiger partial charge in [0.05, 0.1) is 23.5 Å². The lowest BCUT2D eigenvalue weighted by molar-refractivity contribution is 0.466. The minimum absolute atomic E-state index is 0. The molecule has 0 amide bonds. The Bertz CT molecular complexity index is 747. The van der Waals surface area contributed by atoms with Crippen molar-refractivity contribution in [2.75, 3.05) is 31.6 Å². The van der Waals surface area contributed by atoms with E-state index in [0.29, 0.717) is 6.04 Å². The molecule has 148 valence electrons. The van der Waals surface area contributed by atoms with Crippen LogP contribution in [0.3, 0.4) is 0 Å². The number of piperidine rings is 1. The first kappa shape index (κ1) is 21.8. The fourth-order valence-corrected chi connectivity index (χ4v) is 3.54. The number of hydrogen-bond acceptors (Lipinski definition) is 3. The van der Waals surface area contributed by atoms with Crippen LogP contribution in [0.1, 0.15) is 18.4 Å². The van der Waals surface area contributed by atoms with Crippen molar-refractivity contribution in [3.63, 3.8) is 0 Å². The van der Waals surface area contributed by atoms with Crippen molar-refractivity contribution in [1.82, 2.24) is 20.4 Å². The van der Waals surface area contributed by atoms with Crippen molar-refractivity contribution in [1.29, 1.82) is 0 Å². The quantitative estimate of drug-likeness (QED) is 0.374. The molecule has 8 heteroatoms. The maximum atomic E-state index is 6.36. The van der Waals surface area contributed by atoms with Gasteiger partial charge in [-0.15, -0.1) is 24.0 Å². The minimum Gasteiger partial charge on any atom is -0.368 e. The van der Waals surface area contributed by atoms with Gasteiger partial charge >= 0.3 is 0 Å². The molecule has 2 heterocycles. The molecule has 3 rings (SSSR count). The third kappa shape index (κ3) is 6.27. The number of aliphatic imine (C=N–C) groups is 1. The summed E-state index contributed by atoms with van der Waals surface area (Å²) in [6.45, 7) is 5.59. The Labute approximate surface area is 183 Å². The molecule has 1 aliphatic rings. The molecule has 0 radical (unpaired) electrons. The van der Waals surface area contributed by atoms with Crippen molar-refractivity contribution in [3.05, 3.63) is 47.2 Å². The van der Waals surface area contributed by atoms with Crippen LogP contribution in [0, 0.1) is 6.92 Å². The zero-order chi connectivity index (χ0) is 18.4. The fraction of sp³-hybridized carbons (Fsp3) is 0.474. The number of halogens is 2. The lowest BCUT2D eigenvalue weighted by Crippen LogP contribution is -2.51. The Morgan fingerprint density at radius 2 is 2.19 bits per heavy atom. The molecule has 0 bridgehead atoms. The SMILES string of the molecule is CN=C(NCCn1cc(C)cn1)NC1CCCN(c2ccccc2Cl)C1.I. The van der Waals surface area contributed by atoms with E-state index in [1.54, 1.807) is 0 Å². The first-order chi connectivity index (χ1) is 12.7. The van der Waals surface area contributed by atoms with E-state index in [2.05, 4.69) is 31.7 Å². The normalized spacial score (nSPS) is 17.4. The Hall–Kier alpha value is -1.48. The molecule has 0 saturated carbocycles. The third-order valence-electron chi connectivity index (χ3n) is 4.57. The maximum absolute atomic E-state index is 6.36. The summed E-state index contributed by atoms with van der Waals surface area (Å²) in [7, 11) is 1.81.